The highest BCUT2D eigenvalue weighted by Gasteiger charge is 2.07. The van der Waals surface area contributed by atoms with Gasteiger partial charge in [-0.15, -0.1) is 0 Å². The number of rotatable bonds is 8. The summed E-state index contributed by atoms with van der Waals surface area (Å²) in [5.74, 6) is 0.0726. The normalized spacial score (nSPS) is 10.1. The van der Waals surface area contributed by atoms with E-state index in [0.717, 1.165) is 0 Å². The number of hydrogen-bond acceptors (Lipinski definition) is 5. The molecular formula is C16H15NO6. The maximum absolute atomic E-state index is 10.8. The molecule has 0 saturated carbocycles. The number of nitro benzene ring substituents is 1. The van der Waals surface area contributed by atoms with E-state index in [2.05, 4.69) is 0 Å². The average molecular weight is 317 g/mol. The largest absolute Gasteiger partial charge is 0.490 e. The van der Waals surface area contributed by atoms with Gasteiger partial charge in [-0.1, -0.05) is 18.2 Å². The van der Waals surface area contributed by atoms with Gasteiger partial charge in [0.1, 0.15) is 24.7 Å². The Morgan fingerprint density at radius 3 is 2.35 bits per heavy atom. The Labute approximate surface area is 132 Å². The molecule has 0 aliphatic heterocycles. The van der Waals surface area contributed by atoms with Crippen LogP contribution in [-0.4, -0.2) is 29.2 Å². The molecule has 120 valence electrons. The molecule has 0 atom stereocenters. The lowest BCUT2D eigenvalue weighted by Crippen LogP contribution is -2.11. The number of non-ortho nitro benzene ring substituents is 1. The maximum Gasteiger partial charge on any atom is 0.307 e. The van der Waals surface area contributed by atoms with Crippen molar-refractivity contribution in [2.75, 3.05) is 13.2 Å². The van der Waals surface area contributed by atoms with E-state index in [4.69, 9.17) is 14.6 Å². The zero-order valence-corrected chi connectivity index (χ0v) is 12.2. The Balaban J connectivity index is 1.83. The van der Waals surface area contributed by atoms with Crippen molar-refractivity contribution in [3.05, 3.63) is 64.2 Å². The fraction of sp³-hybridized carbons (Fsp3) is 0.188. The molecule has 2 rings (SSSR count). The molecule has 0 heterocycles. The predicted molar refractivity (Wildman–Crippen MR) is 81.9 cm³/mol. The standard InChI is InChI=1S/C16H15NO6/c18-16(19)11-12-3-1-2-4-15(12)23-10-9-22-14-7-5-13(6-8-14)17(20)21/h1-8H,9-11H2,(H,18,19). The molecule has 23 heavy (non-hydrogen) atoms. The summed E-state index contributed by atoms with van der Waals surface area (Å²) in [5, 5.41) is 19.4. The van der Waals surface area contributed by atoms with Crippen molar-refractivity contribution in [2.45, 2.75) is 6.42 Å². The van der Waals surface area contributed by atoms with E-state index >= 15 is 0 Å². The van der Waals surface area contributed by atoms with Crippen molar-refractivity contribution in [1.29, 1.82) is 0 Å². The van der Waals surface area contributed by atoms with Gasteiger partial charge in [0, 0.05) is 17.7 Å². The molecule has 0 aliphatic rings. The Hall–Kier alpha value is -3.09. The lowest BCUT2D eigenvalue weighted by atomic mass is 10.1. The molecule has 0 unspecified atom stereocenters. The van der Waals surface area contributed by atoms with Gasteiger partial charge < -0.3 is 14.6 Å². The fourth-order valence-electron chi connectivity index (χ4n) is 1.93. The summed E-state index contributed by atoms with van der Waals surface area (Å²) in [5.41, 5.74) is 0.589. The van der Waals surface area contributed by atoms with Gasteiger partial charge in [-0.05, 0) is 18.2 Å². The van der Waals surface area contributed by atoms with Crippen molar-refractivity contribution in [2.24, 2.45) is 0 Å². The number of benzene rings is 2. The first-order valence-corrected chi connectivity index (χ1v) is 6.86. The number of carboxylic acid groups (broad SMARTS) is 1. The minimum Gasteiger partial charge on any atom is -0.490 e. The number of carbonyl (C=O) groups is 1. The number of nitro groups is 1. The van der Waals surface area contributed by atoms with Crippen molar-refractivity contribution in [3.63, 3.8) is 0 Å². The molecule has 0 spiro atoms. The van der Waals surface area contributed by atoms with E-state index < -0.39 is 10.9 Å². The summed E-state index contributed by atoms with van der Waals surface area (Å²) in [4.78, 5) is 20.8. The summed E-state index contributed by atoms with van der Waals surface area (Å²) in [7, 11) is 0. The van der Waals surface area contributed by atoms with Crippen LogP contribution in [0.4, 0.5) is 5.69 Å². The van der Waals surface area contributed by atoms with E-state index in [1.54, 1.807) is 24.3 Å². The molecule has 0 bridgehead atoms. The highest BCUT2D eigenvalue weighted by atomic mass is 16.6. The van der Waals surface area contributed by atoms with Gasteiger partial charge in [0.2, 0.25) is 0 Å². The number of aliphatic carboxylic acids is 1. The number of hydrogen-bond donors (Lipinski definition) is 1. The van der Waals surface area contributed by atoms with Gasteiger partial charge in [0.15, 0.2) is 0 Å². The van der Waals surface area contributed by atoms with Gasteiger partial charge in [-0.25, -0.2) is 0 Å². The first kappa shape index (κ1) is 16.3. The topological polar surface area (TPSA) is 98.9 Å². The highest BCUT2D eigenvalue weighted by molar-refractivity contribution is 5.71. The molecule has 0 fully saturated rings. The van der Waals surface area contributed by atoms with Crippen molar-refractivity contribution in [1.82, 2.24) is 0 Å². The smallest absolute Gasteiger partial charge is 0.307 e. The van der Waals surface area contributed by atoms with Gasteiger partial charge >= 0.3 is 5.97 Å². The van der Waals surface area contributed by atoms with Crippen LogP contribution in [0.25, 0.3) is 0 Å². The second-order valence-corrected chi connectivity index (χ2v) is 4.63. The Morgan fingerprint density at radius 1 is 1.04 bits per heavy atom. The van der Waals surface area contributed by atoms with Gasteiger partial charge in [-0.2, -0.15) is 0 Å². The second-order valence-electron chi connectivity index (χ2n) is 4.63. The van der Waals surface area contributed by atoms with Gasteiger partial charge in [0.25, 0.3) is 5.69 Å². The minimum atomic E-state index is -0.928. The zero-order chi connectivity index (χ0) is 16.7. The number of carboxylic acids is 1. The van der Waals surface area contributed by atoms with Crippen molar-refractivity contribution in [3.8, 4) is 11.5 Å². The quantitative estimate of drug-likeness (QED) is 0.456. The summed E-state index contributed by atoms with van der Waals surface area (Å²) >= 11 is 0. The van der Waals surface area contributed by atoms with E-state index in [1.165, 1.54) is 24.3 Å². The lowest BCUT2D eigenvalue weighted by molar-refractivity contribution is -0.384. The third-order valence-electron chi connectivity index (χ3n) is 2.97. The van der Waals surface area contributed by atoms with Gasteiger partial charge in [0.05, 0.1) is 11.3 Å². The van der Waals surface area contributed by atoms with Crippen LogP contribution in [0.1, 0.15) is 5.56 Å². The number of para-hydroxylation sites is 1. The first-order chi connectivity index (χ1) is 11.1. The molecule has 0 saturated heterocycles. The molecule has 0 amide bonds. The van der Waals surface area contributed by atoms with Crippen LogP contribution in [0.2, 0.25) is 0 Å². The van der Waals surface area contributed by atoms with Crippen LogP contribution in [0.5, 0.6) is 11.5 Å². The van der Waals surface area contributed by atoms with Gasteiger partial charge in [-0.3, -0.25) is 14.9 Å². The Kier molecular flexibility index (Phi) is 5.51. The molecule has 0 aromatic heterocycles. The van der Waals surface area contributed by atoms with Crippen LogP contribution in [0.3, 0.4) is 0 Å². The SMILES string of the molecule is O=C(O)Cc1ccccc1OCCOc1ccc([N+](=O)[O-])cc1. The maximum atomic E-state index is 10.8. The highest BCUT2D eigenvalue weighted by Crippen LogP contribution is 2.19. The predicted octanol–water partition coefficient (Wildman–Crippen LogP) is 2.68. The molecule has 2 aromatic carbocycles. The lowest BCUT2D eigenvalue weighted by Gasteiger charge is -2.11. The molecular weight excluding hydrogens is 302 g/mol. The van der Waals surface area contributed by atoms with Crippen LogP contribution in [0.15, 0.2) is 48.5 Å². The fourth-order valence-corrected chi connectivity index (χ4v) is 1.93. The molecule has 0 aliphatic carbocycles. The summed E-state index contributed by atoms with van der Waals surface area (Å²) in [6.07, 6.45) is -0.112. The summed E-state index contributed by atoms with van der Waals surface area (Å²) in [6, 6.07) is 12.6. The third kappa shape index (κ3) is 4.99. The molecule has 2 aromatic rings. The monoisotopic (exact) mass is 317 g/mol. The van der Waals surface area contributed by atoms with E-state index in [9.17, 15) is 14.9 Å². The minimum absolute atomic E-state index is 0.00352. The third-order valence-corrected chi connectivity index (χ3v) is 2.97. The number of ether oxygens (including phenoxy) is 2. The van der Waals surface area contributed by atoms with Crippen LogP contribution in [-0.2, 0) is 11.2 Å². The van der Waals surface area contributed by atoms with Crippen LogP contribution in [0, 0.1) is 10.1 Å². The Bertz CT molecular complexity index is 683. The summed E-state index contributed by atoms with van der Waals surface area (Å²) < 4.78 is 10.9. The first-order valence-electron chi connectivity index (χ1n) is 6.86. The molecule has 7 heteroatoms. The summed E-state index contributed by atoms with van der Waals surface area (Å²) in [6.45, 7) is 0.465. The van der Waals surface area contributed by atoms with Crippen LogP contribution < -0.4 is 9.47 Å². The van der Waals surface area contributed by atoms with E-state index in [-0.39, 0.29) is 25.3 Å². The van der Waals surface area contributed by atoms with Crippen LogP contribution >= 0.6 is 0 Å². The molecule has 0 radical (unpaired) electrons. The molecule has 1 N–H and O–H groups in total. The van der Waals surface area contributed by atoms with Crippen molar-refractivity contribution >= 4 is 11.7 Å². The van der Waals surface area contributed by atoms with E-state index in [0.29, 0.717) is 17.1 Å². The average Bonchev–Trinajstić information content (AvgIpc) is 2.53. The molecule has 7 nitrogen and oxygen atoms in total. The van der Waals surface area contributed by atoms with Crippen molar-refractivity contribution < 1.29 is 24.3 Å². The Morgan fingerprint density at radius 2 is 1.70 bits per heavy atom. The number of nitrogens with zero attached hydrogens (tertiary/aromatic N) is 1. The second kappa shape index (κ2) is 7.79. The van der Waals surface area contributed by atoms with E-state index in [1.807, 2.05) is 0 Å². The zero-order valence-electron chi connectivity index (χ0n) is 12.2.